The summed E-state index contributed by atoms with van der Waals surface area (Å²) in [7, 11) is 2.83. The second kappa shape index (κ2) is 10.6. The fourth-order valence-corrected chi connectivity index (χ4v) is 10.8. The second-order valence-electron chi connectivity index (χ2n) is 10.9. The molecular formula is C22H42N3O2PS2. The van der Waals surface area contributed by atoms with Gasteiger partial charge in [0.1, 0.15) is 0 Å². The van der Waals surface area contributed by atoms with E-state index >= 15 is 0 Å². The van der Waals surface area contributed by atoms with Crippen molar-refractivity contribution in [2.24, 2.45) is 11.1 Å². The number of nitriles is 1. The Morgan fingerprint density at radius 1 is 1.20 bits per heavy atom. The molecule has 0 radical (unpaired) electrons. The van der Waals surface area contributed by atoms with Crippen molar-refractivity contribution >= 4 is 30.1 Å². The van der Waals surface area contributed by atoms with Gasteiger partial charge in [0.15, 0.2) is 0 Å². The molecule has 1 aliphatic carbocycles. The van der Waals surface area contributed by atoms with E-state index in [4.69, 9.17) is 20.0 Å². The average molecular weight is 476 g/mol. The van der Waals surface area contributed by atoms with E-state index in [1.54, 1.807) is 0 Å². The van der Waals surface area contributed by atoms with Crippen molar-refractivity contribution in [2.45, 2.75) is 121 Å². The number of nitrogens with zero attached hydrogens (tertiary/aromatic N) is 2. The third kappa shape index (κ3) is 7.51. The van der Waals surface area contributed by atoms with Crippen LogP contribution in [0, 0.1) is 16.7 Å². The van der Waals surface area contributed by atoms with Crippen LogP contribution in [0.5, 0.6) is 0 Å². The van der Waals surface area contributed by atoms with Crippen LogP contribution in [0.1, 0.15) is 87.5 Å². The summed E-state index contributed by atoms with van der Waals surface area (Å²) in [6, 6.07) is 2.84. The molecule has 0 aromatic heterocycles. The third-order valence-corrected chi connectivity index (χ3v) is 11.4. The maximum absolute atomic E-state index is 8.98. The summed E-state index contributed by atoms with van der Waals surface area (Å²) in [5.74, 6) is 0. The molecule has 1 saturated carbocycles. The lowest BCUT2D eigenvalue weighted by Gasteiger charge is -2.40. The zero-order valence-corrected chi connectivity index (χ0v) is 22.6. The van der Waals surface area contributed by atoms with E-state index in [0.717, 1.165) is 12.8 Å². The van der Waals surface area contributed by atoms with Gasteiger partial charge in [-0.15, -0.1) is 0 Å². The molecule has 0 bridgehead atoms. The van der Waals surface area contributed by atoms with Gasteiger partial charge in [0.25, 0.3) is 8.53 Å². The van der Waals surface area contributed by atoms with Crippen LogP contribution in [0.4, 0.5) is 0 Å². The molecule has 0 aromatic rings. The molecule has 1 heterocycles. The third-order valence-electron chi connectivity index (χ3n) is 5.49. The predicted octanol–water partition coefficient (Wildman–Crippen LogP) is 6.49. The largest absolute Gasteiger partial charge is 0.326 e. The van der Waals surface area contributed by atoms with Gasteiger partial charge in [-0.1, -0.05) is 35.4 Å². The van der Waals surface area contributed by atoms with E-state index in [-0.39, 0.29) is 21.8 Å². The van der Waals surface area contributed by atoms with Gasteiger partial charge in [0.05, 0.1) is 29.9 Å². The Balaban J connectivity index is 2.19. The van der Waals surface area contributed by atoms with E-state index in [2.05, 4.69) is 66.1 Å². The van der Waals surface area contributed by atoms with E-state index in [1.165, 1.54) is 12.8 Å². The normalized spacial score (nSPS) is 24.8. The van der Waals surface area contributed by atoms with Gasteiger partial charge in [-0.2, -0.15) is 5.26 Å². The zero-order valence-electron chi connectivity index (χ0n) is 20.1. The average Bonchev–Trinajstić information content (AvgIpc) is 3.27. The molecule has 3 atom stereocenters. The smallest absolute Gasteiger partial charge is 0.259 e. The molecular weight excluding hydrogens is 433 g/mol. The van der Waals surface area contributed by atoms with Gasteiger partial charge in [-0.25, -0.2) is 4.67 Å². The number of nitrogens with two attached hydrogens (primary N) is 1. The van der Waals surface area contributed by atoms with Crippen LogP contribution in [0.3, 0.4) is 0 Å². The topological polar surface area (TPSA) is 71.5 Å². The molecule has 3 unspecified atom stereocenters. The molecule has 30 heavy (non-hydrogen) atoms. The van der Waals surface area contributed by atoms with Crippen molar-refractivity contribution in [2.75, 3.05) is 6.61 Å². The fraction of sp³-hybridized carbons (Fsp3) is 0.955. The van der Waals surface area contributed by atoms with Crippen LogP contribution in [0.25, 0.3) is 0 Å². The number of rotatable bonds is 12. The van der Waals surface area contributed by atoms with Gasteiger partial charge in [-0.05, 0) is 72.6 Å². The molecule has 8 heteroatoms. The van der Waals surface area contributed by atoms with Crippen LogP contribution in [0.2, 0.25) is 0 Å². The van der Waals surface area contributed by atoms with Crippen molar-refractivity contribution < 1.29 is 9.05 Å². The van der Waals surface area contributed by atoms with Gasteiger partial charge < -0.3 is 14.8 Å². The summed E-state index contributed by atoms with van der Waals surface area (Å²) in [4.78, 5) is 0. The SMILES string of the molecule is CC(C)N(C(C)C)P(OCCC#N)OC1C(CC(C)(C)CC(C)(C)N)SSC12CC2. The Kier molecular flexibility index (Phi) is 9.43. The lowest BCUT2D eigenvalue weighted by atomic mass is 9.76. The minimum absolute atomic E-state index is 0.151. The maximum atomic E-state index is 8.98. The molecule has 0 amide bonds. The molecule has 1 saturated heterocycles. The van der Waals surface area contributed by atoms with Gasteiger partial charge in [0.2, 0.25) is 0 Å². The van der Waals surface area contributed by atoms with Crippen LogP contribution < -0.4 is 5.73 Å². The predicted molar refractivity (Wildman–Crippen MR) is 132 cm³/mol. The van der Waals surface area contributed by atoms with Crippen molar-refractivity contribution in [1.82, 2.24) is 4.67 Å². The summed E-state index contributed by atoms with van der Waals surface area (Å²) in [5.41, 5.74) is 6.34. The lowest BCUT2D eigenvalue weighted by Crippen LogP contribution is -2.41. The van der Waals surface area contributed by atoms with Gasteiger partial charge in [-0.3, -0.25) is 0 Å². The first kappa shape index (κ1) is 26.7. The molecule has 2 rings (SSSR count). The molecule has 1 spiro atoms. The van der Waals surface area contributed by atoms with Crippen molar-refractivity contribution in [3.05, 3.63) is 0 Å². The molecule has 2 fully saturated rings. The Bertz CT molecular complexity index is 592. The van der Waals surface area contributed by atoms with E-state index in [0.29, 0.717) is 30.4 Å². The standard InChI is InChI=1S/C22H42N3O2PS2/c1-16(2)25(17(3)4)28(26-13-9-12-23)27-19-18(29-30-22(19)10-11-22)14-20(5,6)15-21(7,8)24/h16-19H,9-11,13-15,24H2,1-8H3. The zero-order chi connectivity index (χ0) is 22.7. The fourth-order valence-electron chi connectivity index (χ4n) is 4.63. The minimum atomic E-state index is -1.21. The molecule has 174 valence electrons. The summed E-state index contributed by atoms with van der Waals surface area (Å²) in [6.07, 6.45) is 5.09. The minimum Gasteiger partial charge on any atom is -0.326 e. The van der Waals surface area contributed by atoms with Crippen molar-refractivity contribution in [3.63, 3.8) is 0 Å². The van der Waals surface area contributed by atoms with E-state index < -0.39 is 8.53 Å². The van der Waals surface area contributed by atoms with E-state index in [9.17, 15) is 0 Å². The molecule has 2 aliphatic rings. The number of hydrogen-bond acceptors (Lipinski definition) is 7. The number of hydrogen-bond donors (Lipinski definition) is 1. The molecule has 1 aliphatic heterocycles. The summed E-state index contributed by atoms with van der Waals surface area (Å²) in [5, 5.41) is 9.41. The maximum Gasteiger partial charge on any atom is 0.259 e. The van der Waals surface area contributed by atoms with Crippen LogP contribution in [-0.2, 0) is 9.05 Å². The first-order valence-corrected chi connectivity index (χ1v) is 14.5. The van der Waals surface area contributed by atoms with Gasteiger partial charge >= 0.3 is 0 Å². The second-order valence-corrected chi connectivity index (χ2v) is 15.2. The highest BCUT2D eigenvalue weighted by molar-refractivity contribution is 8.78. The van der Waals surface area contributed by atoms with Crippen molar-refractivity contribution in [3.8, 4) is 6.07 Å². The summed E-state index contributed by atoms with van der Waals surface area (Å²) in [6.45, 7) is 18.1. The molecule has 0 aromatic carbocycles. The Morgan fingerprint density at radius 2 is 1.80 bits per heavy atom. The lowest BCUT2D eigenvalue weighted by molar-refractivity contribution is 0.112. The molecule has 2 N–H and O–H groups in total. The van der Waals surface area contributed by atoms with Gasteiger partial charge in [0, 0.05) is 22.9 Å². The monoisotopic (exact) mass is 475 g/mol. The summed E-state index contributed by atoms with van der Waals surface area (Å²) >= 11 is 0. The summed E-state index contributed by atoms with van der Waals surface area (Å²) < 4.78 is 15.7. The first-order valence-electron chi connectivity index (χ1n) is 11.2. The Labute approximate surface area is 193 Å². The van der Waals surface area contributed by atoms with Crippen molar-refractivity contribution in [1.29, 1.82) is 5.26 Å². The molecule has 5 nitrogen and oxygen atoms in total. The first-order chi connectivity index (χ1) is 13.8. The quantitative estimate of drug-likeness (QED) is 0.196. The van der Waals surface area contributed by atoms with Crippen LogP contribution in [-0.4, -0.2) is 45.0 Å². The Morgan fingerprint density at radius 3 is 2.27 bits per heavy atom. The highest BCUT2D eigenvalue weighted by Crippen LogP contribution is 2.68. The highest BCUT2D eigenvalue weighted by atomic mass is 33.1. The van der Waals surface area contributed by atoms with Crippen LogP contribution >= 0.6 is 30.1 Å². The Hall–Kier alpha value is 0.460. The van der Waals surface area contributed by atoms with Crippen LogP contribution in [0.15, 0.2) is 0 Å². The highest BCUT2D eigenvalue weighted by Gasteiger charge is 2.60. The van der Waals surface area contributed by atoms with E-state index in [1.807, 2.05) is 21.6 Å².